The Morgan fingerprint density at radius 1 is 1.00 bits per heavy atom. The number of carbonyl (C=O) groups is 2. The number of nitrogens with zero attached hydrogens (tertiary/aromatic N) is 3. The maximum absolute atomic E-state index is 13.1. The van der Waals surface area contributed by atoms with Gasteiger partial charge in [0.25, 0.3) is 17.5 Å². The van der Waals surface area contributed by atoms with E-state index in [0.717, 1.165) is 10.4 Å². The zero-order valence-corrected chi connectivity index (χ0v) is 16.4. The van der Waals surface area contributed by atoms with E-state index in [4.69, 9.17) is 4.42 Å². The van der Waals surface area contributed by atoms with Crippen molar-refractivity contribution < 1.29 is 18.9 Å². The summed E-state index contributed by atoms with van der Waals surface area (Å²) < 4.78 is 5.84. The lowest BCUT2D eigenvalue weighted by Crippen LogP contribution is -2.36. The van der Waals surface area contributed by atoms with Gasteiger partial charge in [-0.1, -0.05) is 31.2 Å². The van der Waals surface area contributed by atoms with Crippen LogP contribution in [0.1, 0.15) is 39.0 Å². The molecule has 0 N–H and O–H groups in total. The van der Waals surface area contributed by atoms with Crippen molar-refractivity contribution in [3.05, 3.63) is 87.2 Å². The Kier molecular flexibility index (Phi) is 4.14. The summed E-state index contributed by atoms with van der Waals surface area (Å²) in [4.78, 5) is 37.0. The Morgan fingerprint density at radius 2 is 1.71 bits per heavy atom. The van der Waals surface area contributed by atoms with Gasteiger partial charge in [-0.15, -0.1) is 0 Å². The normalized spacial score (nSPS) is 13.6. The number of benzene rings is 3. The van der Waals surface area contributed by atoms with Gasteiger partial charge >= 0.3 is 0 Å². The SMILES string of the molecule is CCc1oc2ccccc2c1/C=N\N1C(=O)c2cccc3c([N+](=O)[O-])ccc(c23)C1=O. The van der Waals surface area contributed by atoms with Crippen LogP contribution in [-0.4, -0.2) is 28.0 Å². The largest absolute Gasteiger partial charge is 0.460 e. The highest BCUT2D eigenvalue weighted by molar-refractivity contribution is 6.26. The molecule has 0 unspecified atom stereocenters. The first-order chi connectivity index (χ1) is 15.0. The van der Waals surface area contributed by atoms with E-state index in [2.05, 4.69) is 5.10 Å². The van der Waals surface area contributed by atoms with E-state index < -0.39 is 16.7 Å². The highest BCUT2D eigenvalue weighted by Crippen LogP contribution is 2.35. The lowest BCUT2D eigenvalue weighted by Gasteiger charge is -2.22. The maximum atomic E-state index is 13.1. The number of nitro groups is 1. The standard InChI is InChI=1S/C23H15N3O5/c1-2-19-17(13-6-3-4-9-20(13)31-19)12-24-25-22(27)15-8-5-7-14-18(26(29)30)11-10-16(21(14)15)23(25)28/h3-12H,2H2,1H3/b24-12-. The lowest BCUT2D eigenvalue weighted by atomic mass is 9.94. The van der Waals surface area contributed by atoms with Crippen LogP contribution in [0.4, 0.5) is 5.69 Å². The summed E-state index contributed by atoms with van der Waals surface area (Å²) >= 11 is 0. The van der Waals surface area contributed by atoms with Gasteiger partial charge in [-0.3, -0.25) is 19.7 Å². The number of hydrogen-bond donors (Lipinski definition) is 0. The van der Waals surface area contributed by atoms with Crippen LogP contribution in [0.3, 0.4) is 0 Å². The first kappa shape index (κ1) is 18.7. The second-order valence-corrected chi connectivity index (χ2v) is 7.07. The second-order valence-electron chi connectivity index (χ2n) is 7.07. The zero-order chi connectivity index (χ0) is 21.7. The number of nitro benzene ring substituents is 1. The summed E-state index contributed by atoms with van der Waals surface area (Å²) in [5.41, 5.74) is 1.63. The highest BCUT2D eigenvalue weighted by atomic mass is 16.6. The Morgan fingerprint density at radius 3 is 2.45 bits per heavy atom. The van der Waals surface area contributed by atoms with Crippen molar-refractivity contribution in [2.24, 2.45) is 5.10 Å². The molecule has 0 saturated carbocycles. The van der Waals surface area contributed by atoms with E-state index in [0.29, 0.717) is 23.3 Å². The number of carbonyl (C=O) groups excluding carboxylic acids is 2. The van der Waals surface area contributed by atoms with Crippen LogP contribution >= 0.6 is 0 Å². The third-order valence-corrected chi connectivity index (χ3v) is 5.39. The number of imide groups is 1. The number of para-hydroxylation sites is 1. The van der Waals surface area contributed by atoms with Gasteiger partial charge in [-0.05, 0) is 24.3 Å². The molecule has 0 spiro atoms. The van der Waals surface area contributed by atoms with E-state index in [1.807, 2.05) is 31.2 Å². The number of aryl methyl sites for hydroxylation is 1. The van der Waals surface area contributed by atoms with Gasteiger partial charge < -0.3 is 4.42 Å². The number of fused-ring (bicyclic) bond motifs is 1. The average Bonchev–Trinajstić information content (AvgIpc) is 3.14. The molecule has 0 fully saturated rings. The predicted octanol–water partition coefficient (Wildman–Crippen LogP) is 4.69. The Bertz CT molecular complexity index is 1430. The van der Waals surface area contributed by atoms with Crippen LogP contribution in [-0.2, 0) is 6.42 Å². The van der Waals surface area contributed by atoms with Crippen molar-refractivity contribution >= 4 is 45.5 Å². The van der Waals surface area contributed by atoms with Crippen LogP contribution in [0.5, 0.6) is 0 Å². The molecule has 4 aromatic rings. The summed E-state index contributed by atoms with van der Waals surface area (Å²) in [6.07, 6.45) is 2.07. The molecule has 8 heteroatoms. The van der Waals surface area contributed by atoms with Crippen molar-refractivity contribution in [1.82, 2.24) is 5.01 Å². The Hall–Kier alpha value is -4.33. The molecule has 2 amide bonds. The third-order valence-electron chi connectivity index (χ3n) is 5.39. The molecule has 152 valence electrons. The van der Waals surface area contributed by atoms with Crippen LogP contribution < -0.4 is 0 Å². The molecule has 5 rings (SSSR count). The molecule has 0 radical (unpaired) electrons. The molecule has 31 heavy (non-hydrogen) atoms. The van der Waals surface area contributed by atoms with Gasteiger partial charge in [0.15, 0.2) is 0 Å². The molecule has 0 atom stereocenters. The maximum Gasteiger partial charge on any atom is 0.282 e. The number of non-ortho nitro benzene ring substituents is 1. The molecule has 1 aromatic heterocycles. The molecule has 8 nitrogen and oxygen atoms in total. The minimum atomic E-state index is -0.634. The topological polar surface area (TPSA) is 106 Å². The molecule has 2 heterocycles. The summed E-state index contributed by atoms with van der Waals surface area (Å²) in [6.45, 7) is 1.94. The van der Waals surface area contributed by atoms with Crippen LogP contribution in [0.15, 0.2) is 64.1 Å². The fourth-order valence-corrected chi connectivity index (χ4v) is 3.97. The number of rotatable bonds is 4. The molecule has 0 aliphatic carbocycles. The van der Waals surface area contributed by atoms with Crippen LogP contribution in [0.25, 0.3) is 21.7 Å². The van der Waals surface area contributed by atoms with E-state index in [1.54, 1.807) is 6.07 Å². The van der Waals surface area contributed by atoms with Crippen molar-refractivity contribution in [3.63, 3.8) is 0 Å². The summed E-state index contributed by atoms with van der Waals surface area (Å²) in [7, 11) is 0. The zero-order valence-electron chi connectivity index (χ0n) is 16.4. The number of hydrazone groups is 1. The summed E-state index contributed by atoms with van der Waals surface area (Å²) in [6, 6.07) is 14.7. The van der Waals surface area contributed by atoms with Crippen molar-refractivity contribution in [3.8, 4) is 0 Å². The predicted molar refractivity (Wildman–Crippen MR) is 114 cm³/mol. The quantitative estimate of drug-likeness (QED) is 0.209. The van der Waals surface area contributed by atoms with Gasteiger partial charge in [-0.25, -0.2) is 0 Å². The second kappa shape index (κ2) is 6.88. The van der Waals surface area contributed by atoms with Gasteiger partial charge in [0.2, 0.25) is 0 Å². The van der Waals surface area contributed by atoms with Gasteiger partial charge in [0.05, 0.1) is 27.7 Å². The minimum absolute atomic E-state index is 0.157. The fraction of sp³-hybridized carbons (Fsp3) is 0.0870. The lowest BCUT2D eigenvalue weighted by molar-refractivity contribution is -0.383. The van der Waals surface area contributed by atoms with Gasteiger partial charge in [0.1, 0.15) is 11.3 Å². The Balaban J connectivity index is 1.63. The molecule has 0 saturated heterocycles. The van der Waals surface area contributed by atoms with Crippen molar-refractivity contribution in [2.75, 3.05) is 0 Å². The van der Waals surface area contributed by atoms with Crippen molar-refractivity contribution in [2.45, 2.75) is 13.3 Å². The highest BCUT2D eigenvalue weighted by Gasteiger charge is 2.34. The van der Waals surface area contributed by atoms with Crippen molar-refractivity contribution in [1.29, 1.82) is 0 Å². The third kappa shape index (κ3) is 2.72. The van der Waals surface area contributed by atoms with E-state index in [1.165, 1.54) is 30.5 Å². The van der Waals surface area contributed by atoms with Crippen LogP contribution in [0, 0.1) is 10.1 Å². The summed E-state index contributed by atoms with van der Waals surface area (Å²) in [5.74, 6) is -0.573. The minimum Gasteiger partial charge on any atom is -0.460 e. The van der Waals surface area contributed by atoms with E-state index >= 15 is 0 Å². The fourth-order valence-electron chi connectivity index (χ4n) is 3.97. The number of furan rings is 1. The van der Waals surface area contributed by atoms with Crippen LogP contribution in [0.2, 0.25) is 0 Å². The average molecular weight is 413 g/mol. The van der Waals surface area contributed by atoms with Gasteiger partial charge in [0, 0.05) is 28.8 Å². The molecule has 3 aromatic carbocycles. The molecule has 0 bridgehead atoms. The van der Waals surface area contributed by atoms with E-state index in [9.17, 15) is 19.7 Å². The smallest absolute Gasteiger partial charge is 0.282 e. The molecular formula is C23H15N3O5. The molecular weight excluding hydrogens is 398 g/mol. The number of hydrogen-bond acceptors (Lipinski definition) is 6. The number of amides is 2. The summed E-state index contributed by atoms with van der Waals surface area (Å²) in [5, 5.41) is 17.7. The Labute approximate surface area is 175 Å². The monoisotopic (exact) mass is 413 g/mol. The van der Waals surface area contributed by atoms with E-state index in [-0.39, 0.29) is 27.6 Å². The first-order valence-corrected chi connectivity index (χ1v) is 9.64. The first-order valence-electron chi connectivity index (χ1n) is 9.64. The molecule has 1 aliphatic rings. The van der Waals surface area contributed by atoms with Gasteiger partial charge in [-0.2, -0.15) is 10.1 Å². The molecule has 1 aliphatic heterocycles.